The van der Waals surface area contributed by atoms with Crippen LogP contribution in [-0.4, -0.2) is 26.3 Å². The molecule has 0 radical (unpaired) electrons. The zero-order chi connectivity index (χ0) is 17.8. The van der Waals surface area contributed by atoms with Gasteiger partial charge in [-0.05, 0) is 38.1 Å². The molecule has 1 heterocycles. The summed E-state index contributed by atoms with van der Waals surface area (Å²) in [5, 5.41) is 9.88. The third-order valence-electron chi connectivity index (χ3n) is 3.55. The van der Waals surface area contributed by atoms with Gasteiger partial charge in [0.25, 0.3) is 0 Å². The van der Waals surface area contributed by atoms with Crippen LogP contribution in [0.3, 0.4) is 0 Å². The molecule has 3 rings (SSSR count). The fourth-order valence-electron chi connectivity index (χ4n) is 2.13. The van der Waals surface area contributed by atoms with Crippen molar-refractivity contribution in [3.05, 3.63) is 59.9 Å². The third-order valence-corrected chi connectivity index (χ3v) is 4.51. The van der Waals surface area contributed by atoms with E-state index in [9.17, 15) is 9.18 Å². The van der Waals surface area contributed by atoms with Crippen LogP contribution in [0.1, 0.15) is 12.5 Å². The summed E-state index contributed by atoms with van der Waals surface area (Å²) < 4.78 is 12.9. The van der Waals surface area contributed by atoms with E-state index >= 15 is 0 Å². The van der Waals surface area contributed by atoms with Crippen LogP contribution < -0.4 is 5.32 Å². The first kappa shape index (κ1) is 17.2. The monoisotopic (exact) mass is 356 g/mol. The second-order valence-corrected chi connectivity index (χ2v) is 6.90. The van der Waals surface area contributed by atoms with Crippen LogP contribution in [0.2, 0.25) is 0 Å². The van der Waals surface area contributed by atoms with Gasteiger partial charge in [-0.15, -0.1) is 5.10 Å². The number of rotatable bonds is 5. The quantitative estimate of drug-likeness (QED) is 0.677. The molecule has 2 aromatic carbocycles. The van der Waals surface area contributed by atoms with Crippen LogP contribution in [0.4, 0.5) is 10.1 Å². The van der Waals surface area contributed by atoms with Gasteiger partial charge in [0, 0.05) is 11.3 Å². The van der Waals surface area contributed by atoms with Gasteiger partial charge < -0.3 is 5.32 Å². The standard InChI is InChI=1S/C18H17FN4OS/c1-11-3-5-13(6-4-11)16-21-18(23-22-16)25-12(2)17(24)20-15-9-7-14(19)8-10-15/h3-10,12H,1-2H3,(H,20,24)(H,21,22,23)/t12-/m0/s1. The molecule has 0 fully saturated rings. The molecule has 0 spiro atoms. The fraction of sp³-hybridized carbons (Fsp3) is 0.167. The average Bonchev–Trinajstić information content (AvgIpc) is 3.06. The predicted molar refractivity (Wildman–Crippen MR) is 96.9 cm³/mol. The van der Waals surface area contributed by atoms with E-state index < -0.39 is 5.25 Å². The third kappa shape index (κ3) is 4.45. The number of aromatic amines is 1. The van der Waals surface area contributed by atoms with Crippen molar-refractivity contribution < 1.29 is 9.18 Å². The minimum Gasteiger partial charge on any atom is -0.325 e. The molecule has 1 amide bonds. The van der Waals surface area contributed by atoms with Crippen molar-refractivity contribution in [3.8, 4) is 11.4 Å². The number of thioether (sulfide) groups is 1. The van der Waals surface area contributed by atoms with Crippen LogP contribution in [0.15, 0.2) is 53.7 Å². The van der Waals surface area contributed by atoms with E-state index in [1.807, 2.05) is 31.2 Å². The number of hydrogen-bond acceptors (Lipinski definition) is 4. The number of H-pyrrole nitrogens is 1. The summed E-state index contributed by atoms with van der Waals surface area (Å²) >= 11 is 1.25. The van der Waals surface area contributed by atoms with Gasteiger partial charge in [-0.3, -0.25) is 9.89 Å². The van der Waals surface area contributed by atoms with Crippen molar-refractivity contribution in [2.45, 2.75) is 24.3 Å². The second kappa shape index (κ2) is 7.48. The molecule has 3 aromatic rings. The second-order valence-electron chi connectivity index (χ2n) is 5.59. The number of anilines is 1. The van der Waals surface area contributed by atoms with Gasteiger partial charge in [-0.25, -0.2) is 9.37 Å². The fourth-order valence-corrected chi connectivity index (χ4v) is 2.85. The summed E-state index contributed by atoms with van der Waals surface area (Å²) in [5.41, 5.74) is 2.66. The largest absolute Gasteiger partial charge is 0.325 e. The topological polar surface area (TPSA) is 70.7 Å². The summed E-state index contributed by atoms with van der Waals surface area (Å²) in [6.45, 7) is 3.79. The highest BCUT2D eigenvalue weighted by atomic mass is 32.2. The van der Waals surface area contributed by atoms with E-state index in [0.29, 0.717) is 16.7 Å². The molecule has 0 saturated heterocycles. The molecule has 7 heteroatoms. The number of nitrogens with one attached hydrogen (secondary N) is 2. The predicted octanol–water partition coefficient (Wildman–Crippen LogP) is 4.04. The lowest BCUT2D eigenvalue weighted by Gasteiger charge is -2.09. The molecule has 1 aromatic heterocycles. The van der Waals surface area contributed by atoms with Crippen LogP contribution in [0.5, 0.6) is 0 Å². The molecule has 2 N–H and O–H groups in total. The van der Waals surface area contributed by atoms with Gasteiger partial charge in [0.1, 0.15) is 5.82 Å². The maximum absolute atomic E-state index is 12.9. The highest BCUT2D eigenvalue weighted by molar-refractivity contribution is 8.00. The summed E-state index contributed by atoms with van der Waals surface area (Å²) in [7, 11) is 0. The van der Waals surface area contributed by atoms with Crippen molar-refractivity contribution in [2.24, 2.45) is 0 Å². The normalized spacial score (nSPS) is 12.0. The molecule has 0 saturated carbocycles. The molecule has 1 atom stereocenters. The van der Waals surface area contributed by atoms with E-state index in [-0.39, 0.29) is 11.7 Å². The van der Waals surface area contributed by atoms with Crippen LogP contribution in [-0.2, 0) is 4.79 Å². The Hall–Kier alpha value is -2.67. The summed E-state index contributed by atoms with van der Waals surface area (Å²) in [6, 6.07) is 13.6. The van der Waals surface area contributed by atoms with Crippen LogP contribution in [0, 0.1) is 12.7 Å². The first-order valence-corrected chi connectivity index (χ1v) is 8.62. The number of halogens is 1. The Bertz CT molecular complexity index is 862. The number of nitrogens with zero attached hydrogens (tertiary/aromatic N) is 2. The van der Waals surface area contributed by atoms with Gasteiger partial charge in [0.2, 0.25) is 11.1 Å². The number of carbonyl (C=O) groups excluding carboxylic acids is 1. The number of carbonyl (C=O) groups is 1. The van der Waals surface area contributed by atoms with Crippen molar-refractivity contribution in [1.29, 1.82) is 0 Å². The van der Waals surface area contributed by atoms with E-state index in [2.05, 4.69) is 20.5 Å². The van der Waals surface area contributed by atoms with E-state index in [4.69, 9.17) is 0 Å². The Balaban J connectivity index is 1.62. The maximum Gasteiger partial charge on any atom is 0.237 e. The molecular weight excluding hydrogens is 339 g/mol. The summed E-state index contributed by atoms with van der Waals surface area (Å²) in [4.78, 5) is 16.6. The molecular formula is C18H17FN4OS. The Labute approximate surface area is 149 Å². The lowest BCUT2D eigenvalue weighted by Crippen LogP contribution is -2.22. The van der Waals surface area contributed by atoms with E-state index in [1.54, 1.807) is 6.92 Å². The zero-order valence-electron chi connectivity index (χ0n) is 13.8. The van der Waals surface area contributed by atoms with E-state index in [0.717, 1.165) is 5.56 Å². The Kier molecular flexibility index (Phi) is 5.14. The Morgan fingerprint density at radius 1 is 1.16 bits per heavy atom. The SMILES string of the molecule is Cc1ccc(-c2nc(S[C@@H](C)C(=O)Nc3ccc(F)cc3)n[nH]2)cc1. The number of benzene rings is 2. The Morgan fingerprint density at radius 3 is 2.52 bits per heavy atom. The van der Waals surface area contributed by atoms with Crippen molar-refractivity contribution >= 4 is 23.4 Å². The minimum atomic E-state index is -0.397. The lowest BCUT2D eigenvalue weighted by molar-refractivity contribution is -0.115. The molecule has 0 unspecified atom stereocenters. The van der Waals surface area contributed by atoms with Crippen LogP contribution >= 0.6 is 11.8 Å². The number of aromatic nitrogens is 3. The minimum absolute atomic E-state index is 0.196. The summed E-state index contributed by atoms with van der Waals surface area (Å²) in [5.74, 6) is 0.122. The average molecular weight is 356 g/mol. The molecule has 0 bridgehead atoms. The molecule has 0 aliphatic heterocycles. The molecule has 128 valence electrons. The first-order valence-electron chi connectivity index (χ1n) is 7.74. The highest BCUT2D eigenvalue weighted by Crippen LogP contribution is 2.23. The lowest BCUT2D eigenvalue weighted by atomic mass is 10.1. The summed E-state index contributed by atoms with van der Waals surface area (Å²) in [6.07, 6.45) is 0. The molecule has 0 aliphatic carbocycles. The van der Waals surface area contributed by atoms with Crippen molar-refractivity contribution in [1.82, 2.24) is 15.2 Å². The van der Waals surface area contributed by atoms with Gasteiger partial charge >= 0.3 is 0 Å². The van der Waals surface area contributed by atoms with Gasteiger partial charge in [-0.1, -0.05) is 41.6 Å². The maximum atomic E-state index is 12.9. The smallest absolute Gasteiger partial charge is 0.237 e. The molecule has 5 nitrogen and oxygen atoms in total. The first-order chi connectivity index (χ1) is 12.0. The zero-order valence-corrected chi connectivity index (χ0v) is 14.6. The number of aryl methyl sites for hydroxylation is 1. The van der Waals surface area contributed by atoms with Gasteiger partial charge in [0.05, 0.1) is 5.25 Å². The van der Waals surface area contributed by atoms with Crippen molar-refractivity contribution in [3.63, 3.8) is 0 Å². The molecule has 25 heavy (non-hydrogen) atoms. The Morgan fingerprint density at radius 2 is 1.84 bits per heavy atom. The number of amides is 1. The van der Waals surface area contributed by atoms with Crippen LogP contribution in [0.25, 0.3) is 11.4 Å². The highest BCUT2D eigenvalue weighted by Gasteiger charge is 2.17. The van der Waals surface area contributed by atoms with Gasteiger partial charge in [0.15, 0.2) is 5.82 Å². The van der Waals surface area contributed by atoms with Crippen molar-refractivity contribution in [2.75, 3.05) is 5.32 Å². The van der Waals surface area contributed by atoms with E-state index in [1.165, 1.54) is 41.6 Å². The molecule has 0 aliphatic rings. The van der Waals surface area contributed by atoms with Gasteiger partial charge in [-0.2, -0.15) is 0 Å². The number of hydrogen-bond donors (Lipinski definition) is 2.